The number of hydrogen-bond acceptors (Lipinski definition) is 5. The van der Waals surface area contributed by atoms with Crippen molar-refractivity contribution < 1.29 is 22.7 Å². The van der Waals surface area contributed by atoms with Crippen molar-refractivity contribution in [2.75, 3.05) is 12.4 Å². The van der Waals surface area contributed by atoms with Gasteiger partial charge in [0.2, 0.25) is 10.0 Å². The third-order valence-corrected chi connectivity index (χ3v) is 6.45. The quantitative estimate of drug-likeness (QED) is 0.500. The lowest BCUT2D eigenvalue weighted by molar-refractivity contribution is -0.122. The number of carbonyl (C=O) groups is 1. The van der Waals surface area contributed by atoms with Gasteiger partial charge in [-0.1, -0.05) is 37.3 Å². The molecule has 0 radical (unpaired) electrons. The standard InChI is InChI=1S/C24H28N2O5S/c1-5-22(31-19-11-10-17-8-6-7-9-18(17)14-19)24(27)25-21-15-20(12-13-23(21)30-4)32(28,29)26-16(2)3/h6-16,22,26H,5H2,1-4H3,(H,25,27)/t22-/m0/s1. The van der Waals surface area contributed by atoms with E-state index in [4.69, 9.17) is 9.47 Å². The van der Waals surface area contributed by atoms with Crippen LogP contribution >= 0.6 is 0 Å². The number of sulfonamides is 1. The Bertz CT molecular complexity index is 1210. The Kier molecular flexibility index (Phi) is 7.37. The first-order valence-corrected chi connectivity index (χ1v) is 11.9. The minimum absolute atomic E-state index is 0.0331. The van der Waals surface area contributed by atoms with Crippen LogP contribution in [0.2, 0.25) is 0 Å². The SMILES string of the molecule is CC[C@H](Oc1ccc2ccccc2c1)C(=O)Nc1cc(S(=O)(=O)NC(C)C)ccc1OC. The van der Waals surface area contributed by atoms with Gasteiger partial charge in [0.1, 0.15) is 11.5 Å². The lowest BCUT2D eigenvalue weighted by atomic mass is 10.1. The zero-order chi connectivity index (χ0) is 23.3. The zero-order valence-corrected chi connectivity index (χ0v) is 19.4. The molecule has 0 saturated carbocycles. The van der Waals surface area contributed by atoms with E-state index in [0.29, 0.717) is 17.9 Å². The van der Waals surface area contributed by atoms with Crippen molar-refractivity contribution in [3.8, 4) is 11.5 Å². The Morgan fingerprint density at radius 1 is 1.00 bits per heavy atom. The maximum absolute atomic E-state index is 13.0. The Labute approximate surface area is 188 Å². The van der Waals surface area contributed by atoms with Crippen LogP contribution in [-0.4, -0.2) is 33.6 Å². The molecule has 32 heavy (non-hydrogen) atoms. The number of rotatable bonds is 9. The highest BCUT2D eigenvalue weighted by molar-refractivity contribution is 7.89. The van der Waals surface area contributed by atoms with Gasteiger partial charge >= 0.3 is 0 Å². The predicted molar refractivity (Wildman–Crippen MR) is 126 cm³/mol. The Morgan fingerprint density at radius 3 is 2.38 bits per heavy atom. The summed E-state index contributed by atoms with van der Waals surface area (Å²) in [4.78, 5) is 13.0. The number of methoxy groups -OCH3 is 1. The van der Waals surface area contributed by atoms with Gasteiger partial charge in [-0.2, -0.15) is 0 Å². The zero-order valence-electron chi connectivity index (χ0n) is 18.6. The molecule has 170 valence electrons. The number of ether oxygens (including phenoxy) is 2. The average molecular weight is 457 g/mol. The van der Waals surface area contributed by atoms with E-state index in [0.717, 1.165) is 10.8 Å². The van der Waals surface area contributed by atoms with E-state index in [9.17, 15) is 13.2 Å². The first-order chi connectivity index (χ1) is 15.2. The summed E-state index contributed by atoms with van der Waals surface area (Å²) in [6.07, 6.45) is -0.344. The number of carbonyl (C=O) groups excluding carboxylic acids is 1. The van der Waals surface area contributed by atoms with E-state index in [1.54, 1.807) is 13.8 Å². The molecule has 0 heterocycles. The van der Waals surface area contributed by atoms with Gasteiger partial charge in [-0.15, -0.1) is 0 Å². The lowest BCUT2D eigenvalue weighted by Gasteiger charge is -2.19. The molecular formula is C24H28N2O5S. The molecule has 0 aliphatic carbocycles. The first kappa shape index (κ1) is 23.6. The van der Waals surface area contributed by atoms with Gasteiger partial charge in [-0.25, -0.2) is 13.1 Å². The van der Waals surface area contributed by atoms with Gasteiger partial charge in [-0.3, -0.25) is 4.79 Å². The van der Waals surface area contributed by atoms with Crippen molar-refractivity contribution in [3.63, 3.8) is 0 Å². The molecule has 1 atom stereocenters. The van der Waals surface area contributed by atoms with Crippen molar-refractivity contribution in [3.05, 3.63) is 60.7 Å². The number of hydrogen-bond donors (Lipinski definition) is 2. The molecule has 1 amide bonds. The van der Waals surface area contributed by atoms with Crippen LogP contribution in [0.4, 0.5) is 5.69 Å². The van der Waals surface area contributed by atoms with Crippen LogP contribution in [0.1, 0.15) is 27.2 Å². The summed E-state index contributed by atoms with van der Waals surface area (Å²) in [7, 11) is -2.27. The van der Waals surface area contributed by atoms with Crippen LogP contribution in [-0.2, 0) is 14.8 Å². The molecule has 0 unspecified atom stereocenters. The van der Waals surface area contributed by atoms with E-state index >= 15 is 0 Å². The molecule has 8 heteroatoms. The maximum atomic E-state index is 13.0. The van der Waals surface area contributed by atoms with Crippen molar-refractivity contribution in [2.24, 2.45) is 0 Å². The first-order valence-electron chi connectivity index (χ1n) is 10.4. The molecule has 0 fully saturated rings. The van der Waals surface area contributed by atoms with Crippen LogP contribution in [0.3, 0.4) is 0 Å². The molecule has 0 spiro atoms. The van der Waals surface area contributed by atoms with Gasteiger partial charge in [-0.05, 0) is 61.4 Å². The average Bonchev–Trinajstić information content (AvgIpc) is 2.76. The van der Waals surface area contributed by atoms with Crippen LogP contribution in [0, 0.1) is 0 Å². The van der Waals surface area contributed by atoms with Gasteiger partial charge in [0, 0.05) is 6.04 Å². The summed E-state index contributed by atoms with van der Waals surface area (Å²) >= 11 is 0. The minimum atomic E-state index is -3.73. The molecule has 3 aromatic carbocycles. The third kappa shape index (κ3) is 5.57. The second-order valence-electron chi connectivity index (χ2n) is 7.65. The number of benzene rings is 3. The van der Waals surface area contributed by atoms with Gasteiger partial charge in [0.15, 0.2) is 6.10 Å². The smallest absolute Gasteiger partial charge is 0.265 e. The Hall–Kier alpha value is -3.10. The summed E-state index contributed by atoms with van der Waals surface area (Å²) < 4.78 is 38.8. The Balaban J connectivity index is 1.82. The summed E-state index contributed by atoms with van der Waals surface area (Å²) in [5.74, 6) is 0.530. The molecule has 0 saturated heterocycles. The molecule has 0 aliphatic rings. The predicted octanol–water partition coefficient (Wildman–Crippen LogP) is 4.33. The van der Waals surface area contributed by atoms with Crippen LogP contribution in [0.15, 0.2) is 65.6 Å². The molecule has 0 aliphatic heterocycles. The molecule has 7 nitrogen and oxygen atoms in total. The summed E-state index contributed by atoms with van der Waals surface area (Å²) in [5.41, 5.74) is 0.254. The topological polar surface area (TPSA) is 93.7 Å². The van der Waals surface area contributed by atoms with Crippen molar-refractivity contribution in [1.29, 1.82) is 0 Å². The largest absolute Gasteiger partial charge is 0.495 e. The fourth-order valence-corrected chi connectivity index (χ4v) is 4.55. The third-order valence-electron chi connectivity index (χ3n) is 4.79. The van der Waals surface area contributed by atoms with Gasteiger partial charge in [0.05, 0.1) is 17.7 Å². The lowest BCUT2D eigenvalue weighted by Crippen LogP contribution is -2.33. The molecule has 2 N–H and O–H groups in total. The van der Waals surface area contributed by atoms with Crippen LogP contribution in [0.25, 0.3) is 10.8 Å². The highest BCUT2D eigenvalue weighted by Crippen LogP contribution is 2.28. The molecule has 3 rings (SSSR count). The van der Waals surface area contributed by atoms with E-state index in [2.05, 4.69) is 10.0 Å². The highest BCUT2D eigenvalue weighted by atomic mass is 32.2. The molecular weight excluding hydrogens is 428 g/mol. The number of anilines is 1. The van der Waals surface area contributed by atoms with E-state index in [1.165, 1.54) is 25.3 Å². The van der Waals surface area contributed by atoms with E-state index < -0.39 is 22.0 Å². The normalized spacial score (nSPS) is 12.5. The van der Waals surface area contributed by atoms with Crippen molar-refractivity contribution in [2.45, 2.75) is 44.2 Å². The van der Waals surface area contributed by atoms with Crippen LogP contribution in [0.5, 0.6) is 11.5 Å². The maximum Gasteiger partial charge on any atom is 0.265 e. The fraction of sp³-hybridized carbons (Fsp3) is 0.292. The van der Waals surface area contributed by atoms with Crippen LogP contribution < -0.4 is 19.5 Å². The second-order valence-corrected chi connectivity index (χ2v) is 9.37. The molecule has 0 bridgehead atoms. The number of amides is 1. The summed E-state index contributed by atoms with van der Waals surface area (Å²) in [6, 6.07) is 17.6. The molecule has 0 aromatic heterocycles. The fourth-order valence-electron chi connectivity index (χ4n) is 3.27. The Morgan fingerprint density at radius 2 is 1.72 bits per heavy atom. The van der Waals surface area contributed by atoms with Gasteiger partial charge in [0.25, 0.3) is 5.91 Å². The van der Waals surface area contributed by atoms with Crippen molar-refractivity contribution in [1.82, 2.24) is 4.72 Å². The van der Waals surface area contributed by atoms with E-state index in [-0.39, 0.29) is 16.6 Å². The second kappa shape index (κ2) is 10.0. The highest BCUT2D eigenvalue weighted by Gasteiger charge is 2.22. The summed E-state index contributed by atoms with van der Waals surface area (Å²) in [6.45, 7) is 5.31. The van der Waals surface area contributed by atoms with Gasteiger partial charge < -0.3 is 14.8 Å². The van der Waals surface area contributed by atoms with Crippen molar-refractivity contribution >= 4 is 32.4 Å². The summed E-state index contributed by atoms with van der Waals surface area (Å²) in [5, 5.41) is 4.84. The minimum Gasteiger partial charge on any atom is -0.495 e. The number of nitrogens with one attached hydrogen (secondary N) is 2. The molecule has 3 aromatic rings. The number of fused-ring (bicyclic) bond motifs is 1. The van der Waals surface area contributed by atoms with E-state index in [1.807, 2.05) is 49.4 Å². The monoisotopic (exact) mass is 456 g/mol.